The van der Waals surface area contributed by atoms with E-state index in [0.717, 1.165) is 30.0 Å². The Hall–Kier alpha value is -2.32. The molecular weight excluding hydrogens is 254 g/mol. The predicted octanol–water partition coefficient (Wildman–Crippen LogP) is 2.13. The lowest BCUT2D eigenvalue weighted by atomic mass is 10.1. The van der Waals surface area contributed by atoms with E-state index in [1.54, 1.807) is 17.8 Å². The molecule has 2 heterocycles. The van der Waals surface area contributed by atoms with Crippen molar-refractivity contribution in [1.82, 2.24) is 9.78 Å². The topological polar surface area (TPSA) is 60.1 Å². The van der Waals surface area contributed by atoms with Crippen LogP contribution in [0.1, 0.15) is 12.1 Å². The zero-order valence-corrected chi connectivity index (χ0v) is 11.2. The van der Waals surface area contributed by atoms with E-state index in [1.165, 1.54) is 0 Å². The van der Waals surface area contributed by atoms with Crippen molar-refractivity contribution in [3.63, 3.8) is 0 Å². The van der Waals surface area contributed by atoms with E-state index in [9.17, 15) is 0 Å². The molecule has 5 heteroatoms. The molecule has 102 valence electrons. The maximum absolute atomic E-state index is 8.94. The molecule has 0 amide bonds. The fourth-order valence-corrected chi connectivity index (χ4v) is 2.22. The highest BCUT2D eigenvalue weighted by molar-refractivity contribution is 5.61. The molecular formula is C15H15N3O2. The first-order valence-electron chi connectivity index (χ1n) is 6.55. The van der Waals surface area contributed by atoms with Gasteiger partial charge in [0.15, 0.2) is 0 Å². The van der Waals surface area contributed by atoms with Gasteiger partial charge in [0.2, 0.25) is 0 Å². The summed E-state index contributed by atoms with van der Waals surface area (Å²) in [6, 6.07) is 11.6. The summed E-state index contributed by atoms with van der Waals surface area (Å²) in [5.74, 6) is 0.834. The van der Waals surface area contributed by atoms with Crippen LogP contribution in [0, 0.1) is 11.3 Å². The molecule has 0 radical (unpaired) electrons. The maximum Gasteiger partial charge on any atom is 0.138 e. The summed E-state index contributed by atoms with van der Waals surface area (Å²) in [6.45, 7) is 1.43. The second-order valence-electron chi connectivity index (χ2n) is 4.78. The van der Waals surface area contributed by atoms with Crippen molar-refractivity contribution in [3.05, 3.63) is 36.0 Å². The number of rotatable bonds is 3. The number of nitriles is 1. The molecule has 1 aliphatic rings. The standard InChI is InChI=1S/C15H15N3O2/c1-18-12(9-16)8-15(17-18)11-2-4-13(5-3-11)20-14-6-7-19-10-14/h2-5,8,14H,6-7,10H2,1H3. The van der Waals surface area contributed by atoms with E-state index in [4.69, 9.17) is 14.7 Å². The molecule has 1 aromatic carbocycles. The molecule has 20 heavy (non-hydrogen) atoms. The van der Waals surface area contributed by atoms with Crippen molar-refractivity contribution in [2.45, 2.75) is 12.5 Å². The summed E-state index contributed by atoms with van der Waals surface area (Å²) < 4.78 is 12.7. The van der Waals surface area contributed by atoms with Crippen LogP contribution in [0.25, 0.3) is 11.3 Å². The molecule has 1 saturated heterocycles. The van der Waals surface area contributed by atoms with Crippen molar-refractivity contribution in [2.24, 2.45) is 7.05 Å². The minimum Gasteiger partial charge on any atom is -0.488 e. The highest BCUT2D eigenvalue weighted by Crippen LogP contribution is 2.23. The third-order valence-electron chi connectivity index (χ3n) is 3.34. The van der Waals surface area contributed by atoms with E-state index < -0.39 is 0 Å². The first-order valence-corrected chi connectivity index (χ1v) is 6.55. The van der Waals surface area contributed by atoms with Gasteiger partial charge in [0.05, 0.1) is 18.9 Å². The lowest BCUT2D eigenvalue weighted by Gasteiger charge is -2.11. The molecule has 1 unspecified atom stereocenters. The van der Waals surface area contributed by atoms with Gasteiger partial charge in [-0.1, -0.05) is 0 Å². The minimum atomic E-state index is 0.154. The average Bonchev–Trinajstić information content (AvgIpc) is 3.09. The van der Waals surface area contributed by atoms with Crippen LogP contribution in [-0.4, -0.2) is 29.1 Å². The molecule has 2 aromatic rings. The van der Waals surface area contributed by atoms with E-state index in [1.807, 2.05) is 24.3 Å². The van der Waals surface area contributed by atoms with Gasteiger partial charge in [-0.05, 0) is 24.3 Å². The van der Waals surface area contributed by atoms with Gasteiger partial charge in [0.1, 0.15) is 23.6 Å². The first kappa shape index (κ1) is 12.7. The fraction of sp³-hybridized carbons (Fsp3) is 0.333. The summed E-state index contributed by atoms with van der Waals surface area (Å²) in [4.78, 5) is 0. The highest BCUT2D eigenvalue weighted by atomic mass is 16.5. The molecule has 0 saturated carbocycles. The number of nitrogens with zero attached hydrogens (tertiary/aromatic N) is 3. The molecule has 3 rings (SSSR count). The Bertz CT molecular complexity index is 634. The Labute approximate surface area is 117 Å². The van der Waals surface area contributed by atoms with Gasteiger partial charge in [-0.3, -0.25) is 4.68 Å². The third kappa shape index (κ3) is 2.51. The Kier molecular flexibility index (Phi) is 3.40. The SMILES string of the molecule is Cn1nc(-c2ccc(OC3CCOC3)cc2)cc1C#N. The van der Waals surface area contributed by atoms with Gasteiger partial charge < -0.3 is 9.47 Å². The molecule has 0 bridgehead atoms. The van der Waals surface area contributed by atoms with Crippen LogP contribution in [0.2, 0.25) is 0 Å². The zero-order chi connectivity index (χ0) is 13.9. The Morgan fingerprint density at radius 2 is 2.20 bits per heavy atom. The van der Waals surface area contributed by atoms with Crippen molar-refractivity contribution in [2.75, 3.05) is 13.2 Å². The minimum absolute atomic E-state index is 0.154. The molecule has 5 nitrogen and oxygen atoms in total. The average molecular weight is 269 g/mol. The summed E-state index contributed by atoms with van der Waals surface area (Å²) in [5.41, 5.74) is 2.31. The van der Waals surface area contributed by atoms with Crippen LogP contribution in [0.4, 0.5) is 0 Å². The van der Waals surface area contributed by atoms with Gasteiger partial charge in [-0.25, -0.2) is 0 Å². The molecule has 1 aromatic heterocycles. The fourth-order valence-electron chi connectivity index (χ4n) is 2.22. The van der Waals surface area contributed by atoms with E-state index >= 15 is 0 Å². The number of ether oxygens (including phenoxy) is 2. The van der Waals surface area contributed by atoms with Gasteiger partial charge in [-0.2, -0.15) is 10.4 Å². The summed E-state index contributed by atoms with van der Waals surface area (Å²) in [6.07, 6.45) is 1.09. The maximum atomic E-state index is 8.94. The first-order chi connectivity index (χ1) is 9.76. The third-order valence-corrected chi connectivity index (χ3v) is 3.34. The number of aromatic nitrogens is 2. The van der Waals surface area contributed by atoms with E-state index in [2.05, 4.69) is 11.2 Å². The predicted molar refractivity (Wildman–Crippen MR) is 73.2 cm³/mol. The van der Waals surface area contributed by atoms with Crippen molar-refractivity contribution >= 4 is 0 Å². The van der Waals surface area contributed by atoms with Crippen molar-refractivity contribution < 1.29 is 9.47 Å². The molecule has 0 N–H and O–H groups in total. The Morgan fingerprint density at radius 3 is 2.80 bits per heavy atom. The van der Waals surface area contributed by atoms with Crippen molar-refractivity contribution in [3.8, 4) is 23.1 Å². The van der Waals surface area contributed by atoms with Crippen LogP contribution in [0.5, 0.6) is 5.75 Å². The smallest absolute Gasteiger partial charge is 0.138 e. The van der Waals surface area contributed by atoms with Crippen LogP contribution in [0.3, 0.4) is 0 Å². The van der Waals surface area contributed by atoms with Crippen LogP contribution in [-0.2, 0) is 11.8 Å². The highest BCUT2D eigenvalue weighted by Gasteiger charge is 2.17. The number of aryl methyl sites for hydroxylation is 1. The van der Waals surface area contributed by atoms with Crippen LogP contribution < -0.4 is 4.74 Å². The second-order valence-corrected chi connectivity index (χ2v) is 4.78. The van der Waals surface area contributed by atoms with Gasteiger partial charge >= 0.3 is 0 Å². The molecule has 1 atom stereocenters. The van der Waals surface area contributed by atoms with Gasteiger partial charge in [0.25, 0.3) is 0 Å². The lowest BCUT2D eigenvalue weighted by molar-refractivity contribution is 0.141. The quantitative estimate of drug-likeness (QED) is 0.856. The molecule has 0 aliphatic carbocycles. The number of hydrogen-bond donors (Lipinski definition) is 0. The summed E-state index contributed by atoms with van der Waals surface area (Å²) >= 11 is 0. The Morgan fingerprint density at radius 1 is 1.40 bits per heavy atom. The zero-order valence-electron chi connectivity index (χ0n) is 11.2. The van der Waals surface area contributed by atoms with E-state index in [-0.39, 0.29) is 6.10 Å². The van der Waals surface area contributed by atoms with Crippen LogP contribution in [0.15, 0.2) is 30.3 Å². The lowest BCUT2D eigenvalue weighted by Crippen LogP contribution is -2.15. The number of benzene rings is 1. The summed E-state index contributed by atoms with van der Waals surface area (Å²) in [5, 5.41) is 13.3. The number of hydrogen-bond acceptors (Lipinski definition) is 4. The van der Waals surface area contributed by atoms with Gasteiger partial charge in [0, 0.05) is 25.1 Å². The van der Waals surface area contributed by atoms with E-state index in [0.29, 0.717) is 12.3 Å². The second kappa shape index (κ2) is 5.35. The largest absolute Gasteiger partial charge is 0.488 e. The van der Waals surface area contributed by atoms with Crippen LogP contribution >= 0.6 is 0 Å². The molecule has 1 aliphatic heterocycles. The molecule has 0 spiro atoms. The Balaban J connectivity index is 1.76. The monoisotopic (exact) mass is 269 g/mol. The van der Waals surface area contributed by atoms with Gasteiger partial charge in [-0.15, -0.1) is 0 Å². The van der Waals surface area contributed by atoms with Crippen molar-refractivity contribution in [1.29, 1.82) is 5.26 Å². The molecule has 1 fully saturated rings. The normalized spacial score (nSPS) is 17.9. The summed E-state index contributed by atoms with van der Waals surface area (Å²) in [7, 11) is 1.76.